The maximum Gasteiger partial charge on any atom is 0.119 e. The van der Waals surface area contributed by atoms with E-state index < -0.39 is 0 Å². The Hall–Kier alpha value is -1.02. The summed E-state index contributed by atoms with van der Waals surface area (Å²) in [6.07, 6.45) is 1.35. The largest absolute Gasteiger partial charge is 0.491 e. The van der Waals surface area contributed by atoms with Crippen molar-refractivity contribution in [2.45, 2.75) is 45.9 Å². The molecule has 0 amide bonds. The van der Waals surface area contributed by atoms with Gasteiger partial charge in [0.05, 0.1) is 6.10 Å². The molecular weight excluding hydrogens is 186 g/mol. The van der Waals surface area contributed by atoms with Crippen LogP contribution in [0.15, 0.2) is 18.2 Å². The van der Waals surface area contributed by atoms with Crippen LogP contribution < -0.4 is 10.1 Å². The SMILES string of the molecule is CC1Cc2cc(OC(C)C)ccc2CN1. The molecule has 0 spiro atoms. The van der Waals surface area contributed by atoms with E-state index in [0.29, 0.717) is 6.04 Å². The minimum Gasteiger partial charge on any atom is -0.491 e. The van der Waals surface area contributed by atoms with Crippen LogP contribution in [0.4, 0.5) is 0 Å². The fraction of sp³-hybridized carbons (Fsp3) is 0.538. The Morgan fingerprint density at radius 3 is 2.87 bits per heavy atom. The van der Waals surface area contributed by atoms with Crippen molar-refractivity contribution < 1.29 is 4.74 Å². The van der Waals surface area contributed by atoms with Gasteiger partial charge in [0.15, 0.2) is 0 Å². The van der Waals surface area contributed by atoms with Crippen molar-refractivity contribution >= 4 is 0 Å². The van der Waals surface area contributed by atoms with Gasteiger partial charge in [-0.15, -0.1) is 0 Å². The summed E-state index contributed by atoms with van der Waals surface area (Å²) in [5.41, 5.74) is 2.84. The van der Waals surface area contributed by atoms with Crippen LogP contribution in [0.5, 0.6) is 5.75 Å². The van der Waals surface area contributed by atoms with E-state index in [-0.39, 0.29) is 6.10 Å². The Kier molecular flexibility index (Phi) is 2.96. The van der Waals surface area contributed by atoms with Gasteiger partial charge in [-0.2, -0.15) is 0 Å². The van der Waals surface area contributed by atoms with E-state index in [1.165, 1.54) is 11.1 Å². The molecular formula is C13H19NO. The summed E-state index contributed by atoms with van der Waals surface area (Å²) in [6, 6.07) is 7.00. The highest BCUT2D eigenvalue weighted by atomic mass is 16.5. The molecule has 1 aromatic carbocycles. The topological polar surface area (TPSA) is 21.3 Å². The van der Waals surface area contributed by atoms with Crippen molar-refractivity contribution in [1.82, 2.24) is 5.32 Å². The van der Waals surface area contributed by atoms with Gasteiger partial charge in [-0.3, -0.25) is 0 Å². The molecule has 0 bridgehead atoms. The van der Waals surface area contributed by atoms with E-state index in [2.05, 4.69) is 44.3 Å². The summed E-state index contributed by atoms with van der Waals surface area (Å²) in [7, 11) is 0. The highest BCUT2D eigenvalue weighted by Gasteiger charge is 2.14. The number of ether oxygens (including phenoxy) is 1. The number of benzene rings is 1. The van der Waals surface area contributed by atoms with Gasteiger partial charge >= 0.3 is 0 Å². The molecule has 1 aliphatic heterocycles. The molecule has 1 unspecified atom stereocenters. The van der Waals surface area contributed by atoms with E-state index in [0.717, 1.165) is 18.7 Å². The first kappa shape index (κ1) is 10.5. The van der Waals surface area contributed by atoms with E-state index in [4.69, 9.17) is 4.74 Å². The first-order valence-corrected chi connectivity index (χ1v) is 5.67. The second-order valence-electron chi connectivity index (χ2n) is 4.58. The summed E-state index contributed by atoms with van der Waals surface area (Å²) in [5.74, 6) is 0.998. The van der Waals surface area contributed by atoms with Crippen molar-refractivity contribution in [2.24, 2.45) is 0 Å². The number of nitrogens with one attached hydrogen (secondary N) is 1. The van der Waals surface area contributed by atoms with E-state index in [1.807, 2.05) is 0 Å². The van der Waals surface area contributed by atoms with Crippen LogP contribution in [-0.4, -0.2) is 12.1 Å². The summed E-state index contributed by atoms with van der Waals surface area (Å²) in [5, 5.41) is 3.46. The average Bonchev–Trinajstić information content (AvgIpc) is 2.16. The van der Waals surface area contributed by atoms with E-state index >= 15 is 0 Å². The van der Waals surface area contributed by atoms with Gasteiger partial charge < -0.3 is 10.1 Å². The molecule has 0 radical (unpaired) electrons. The van der Waals surface area contributed by atoms with Crippen LogP contribution in [0, 0.1) is 0 Å². The Balaban J connectivity index is 2.20. The number of hydrogen-bond donors (Lipinski definition) is 1. The van der Waals surface area contributed by atoms with Crippen LogP contribution in [0.2, 0.25) is 0 Å². The minimum absolute atomic E-state index is 0.252. The normalized spacial score (nSPS) is 20.1. The lowest BCUT2D eigenvalue weighted by Gasteiger charge is -2.24. The number of fused-ring (bicyclic) bond motifs is 1. The lowest BCUT2D eigenvalue weighted by Crippen LogP contribution is -2.32. The van der Waals surface area contributed by atoms with Gasteiger partial charge in [0.1, 0.15) is 5.75 Å². The van der Waals surface area contributed by atoms with Crippen LogP contribution in [0.25, 0.3) is 0 Å². The molecule has 2 nitrogen and oxygen atoms in total. The Labute approximate surface area is 91.6 Å². The lowest BCUT2D eigenvalue weighted by molar-refractivity contribution is 0.242. The molecule has 0 aliphatic carbocycles. The first-order valence-electron chi connectivity index (χ1n) is 5.67. The number of hydrogen-bond acceptors (Lipinski definition) is 2. The third-order valence-electron chi connectivity index (χ3n) is 2.72. The summed E-state index contributed by atoms with van der Waals surface area (Å²) < 4.78 is 5.70. The molecule has 1 aromatic rings. The van der Waals surface area contributed by atoms with E-state index in [9.17, 15) is 0 Å². The summed E-state index contributed by atoms with van der Waals surface area (Å²) >= 11 is 0. The van der Waals surface area contributed by atoms with Gasteiger partial charge in [0.2, 0.25) is 0 Å². The van der Waals surface area contributed by atoms with Gasteiger partial charge in [0, 0.05) is 12.6 Å². The maximum atomic E-state index is 5.70. The monoisotopic (exact) mass is 205 g/mol. The molecule has 0 saturated heterocycles. The zero-order valence-electron chi connectivity index (χ0n) is 9.71. The molecule has 15 heavy (non-hydrogen) atoms. The van der Waals surface area contributed by atoms with Crippen LogP contribution >= 0.6 is 0 Å². The predicted molar refractivity (Wildman–Crippen MR) is 62.2 cm³/mol. The molecule has 0 aromatic heterocycles. The second-order valence-corrected chi connectivity index (χ2v) is 4.58. The minimum atomic E-state index is 0.252. The Morgan fingerprint density at radius 1 is 1.33 bits per heavy atom. The fourth-order valence-corrected chi connectivity index (χ4v) is 2.00. The highest BCUT2D eigenvalue weighted by molar-refractivity contribution is 5.37. The zero-order valence-corrected chi connectivity index (χ0v) is 9.71. The summed E-state index contributed by atoms with van der Waals surface area (Å²) in [6.45, 7) is 7.32. The molecule has 1 heterocycles. The van der Waals surface area contributed by atoms with Crippen molar-refractivity contribution in [3.63, 3.8) is 0 Å². The lowest BCUT2D eigenvalue weighted by atomic mass is 9.96. The van der Waals surface area contributed by atoms with Gasteiger partial charge in [-0.1, -0.05) is 6.07 Å². The molecule has 82 valence electrons. The predicted octanol–water partition coefficient (Wildman–Crippen LogP) is 2.51. The first-order chi connectivity index (χ1) is 7.15. The molecule has 2 heteroatoms. The Morgan fingerprint density at radius 2 is 2.13 bits per heavy atom. The fourth-order valence-electron chi connectivity index (χ4n) is 2.00. The van der Waals surface area contributed by atoms with Crippen LogP contribution in [0.3, 0.4) is 0 Å². The van der Waals surface area contributed by atoms with Crippen molar-refractivity contribution in [2.75, 3.05) is 0 Å². The molecule has 0 saturated carbocycles. The van der Waals surface area contributed by atoms with Crippen molar-refractivity contribution in [1.29, 1.82) is 0 Å². The molecule has 1 N–H and O–H groups in total. The van der Waals surface area contributed by atoms with Crippen molar-refractivity contribution in [3.05, 3.63) is 29.3 Å². The Bertz CT molecular complexity index is 346. The van der Waals surface area contributed by atoms with Crippen LogP contribution in [-0.2, 0) is 13.0 Å². The third kappa shape index (κ3) is 2.51. The standard InChI is InChI=1S/C13H19NO/c1-9(2)15-13-5-4-11-8-14-10(3)6-12(11)7-13/h4-5,7,9-10,14H,6,8H2,1-3H3. The maximum absolute atomic E-state index is 5.70. The highest BCUT2D eigenvalue weighted by Crippen LogP contribution is 2.23. The van der Waals surface area contributed by atoms with E-state index in [1.54, 1.807) is 0 Å². The third-order valence-corrected chi connectivity index (χ3v) is 2.72. The van der Waals surface area contributed by atoms with Crippen LogP contribution in [0.1, 0.15) is 31.9 Å². The number of rotatable bonds is 2. The molecule has 2 rings (SSSR count). The van der Waals surface area contributed by atoms with Crippen molar-refractivity contribution in [3.8, 4) is 5.75 Å². The molecule has 1 atom stereocenters. The summed E-state index contributed by atoms with van der Waals surface area (Å²) in [4.78, 5) is 0. The van der Waals surface area contributed by atoms with Gasteiger partial charge in [-0.05, 0) is 50.5 Å². The zero-order chi connectivity index (χ0) is 10.8. The second kappa shape index (κ2) is 4.23. The van der Waals surface area contributed by atoms with Gasteiger partial charge in [0.25, 0.3) is 0 Å². The smallest absolute Gasteiger partial charge is 0.119 e. The molecule has 0 fully saturated rings. The molecule has 1 aliphatic rings. The quantitative estimate of drug-likeness (QED) is 0.801. The van der Waals surface area contributed by atoms with Gasteiger partial charge in [-0.25, -0.2) is 0 Å². The average molecular weight is 205 g/mol.